The van der Waals surface area contributed by atoms with Crippen molar-refractivity contribution in [2.45, 2.75) is 0 Å². The minimum Gasteiger partial charge on any atom is -0.340 e. The van der Waals surface area contributed by atoms with E-state index in [9.17, 15) is 0 Å². The number of nitrogens with zero attached hydrogens (tertiary/aromatic N) is 2. The van der Waals surface area contributed by atoms with Crippen molar-refractivity contribution in [3.05, 3.63) is 96.3 Å². The van der Waals surface area contributed by atoms with E-state index in [1.807, 2.05) is 42.5 Å². The predicted molar refractivity (Wildman–Crippen MR) is 105 cm³/mol. The SMILES string of the molecule is C(=C\c1ccc(Nc2ncnc3ccccc23)cc1)/c1ccccc1. The number of anilines is 2. The van der Waals surface area contributed by atoms with E-state index in [-0.39, 0.29) is 0 Å². The van der Waals surface area contributed by atoms with E-state index in [0.717, 1.165) is 28.0 Å². The molecule has 25 heavy (non-hydrogen) atoms. The van der Waals surface area contributed by atoms with E-state index in [0.29, 0.717) is 0 Å². The smallest absolute Gasteiger partial charge is 0.141 e. The second-order valence-electron chi connectivity index (χ2n) is 5.73. The highest BCUT2D eigenvalue weighted by Gasteiger charge is 2.03. The van der Waals surface area contributed by atoms with Crippen molar-refractivity contribution in [1.29, 1.82) is 0 Å². The Morgan fingerprint density at radius 3 is 2.12 bits per heavy atom. The minimum atomic E-state index is 0.818. The standard InChI is InChI=1S/C22H17N3/c1-2-6-17(7-3-1)10-11-18-12-14-19(15-13-18)25-22-20-8-4-5-9-21(20)23-16-24-22/h1-16H,(H,23,24,25)/b11-10+. The van der Waals surface area contributed by atoms with Gasteiger partial charge in [0, 0.05) is 11.1 Å². The number of rotatable bonds is 4. The van der Waals surface area contributed by atoms with Crippen LogP contribution in [0.5, 0.6) is 0 Å². The molecule has 0 amide bonds. The highest BCUT2D eigenvalue weighted by atomic mass is 15.0. The van der Waals surface area contributed by atoms with Gasteiger partial charge < -0.3 is 5.32 Å². The molecule has 0 aliphatic heterocycles. The number of nitrogens with one attached hydrogen (secondary N) is 1. The molecule has 0 saturated heterocycles. The maximum Gasteiger partial charge on any atom is 0.141 e. The first-order valence-electron chi connectivity index (χ1n) is 8.18. The molecule has 3 aromatic carbocycles. The Morgan fingerprint density at radius 1 is 0.640 bits per heavy atom. The van der Waals surface area contributed by atoms with Crippen molar-refractivity contribution < 1.29 is 0 Å². The van der Waals surface area contributed by atoms with Gasteiger partial charge in [0.15, 0.2) is 0 Å². The van der Waals surface area contributed by atoms with Crippen molar-refractivity contribution in [3.63, 3.8) is 0 Å². The monoisotopic (exact) mass is 323 g/mol. The summed E-state index contributed by atoms with van der Waals surface area (Å²) >= 11 is 0. The highest BCUT2D eigenvalue weighted by Crippen LogP contribution is 2.23. The molecule has 4 aromatic rings. The molecule has 1 heterocycles. The number of hydrogen-bond donors (Lipinski definition) is 1. The van der Waals surface area contributed by atoms with Crippen molar-refractivity contribution in [2.24, 2.45) is 0 Å². The third kappa shape index (κ3) is 3.56. The highest BCUT2D eigenvalue weighted by molar-refractivity contribution is 5.90. The molecule has 0 unspecified atom stereocenters. The van der Waals surface area contributed by atoms with Crippen LogP contribution in [-0.2, 0) is 0 Å². The maximum atomic E-state index is 4.36. The van der Waals surface area contributed by atoms with Crippen molar-refractivity contribution in [2.75, 3.05) is 5.32 Å². The summed E-state index contributed by atoms with van der Waals surface area (Å²) in [4.78, 5) is 8.65. The van der Waals surface area contributed by atoms with Crippen LogP contribution in [0.25, 0.3) is 23.1 Å². The summed E-state index contributed by atoms with van der Waals surface area (Å²) in [5, 5.41) is 4.38. The maximum absolute atomic E-state index is 4.36. The lowest BCUT2D eigenvalue weighted by molar-refractivity contribution is 1.22. The molecule has 0 atom stereocenters. The Hall–Kier alpha value is -3.46. The van der Waals surface area contributed by atoms with Crippen LogP contribution in [0.15, 0.2) is 85.2 Å². The molecule has 120 valence electrons. The normalized spacial score (nSPS) is 11.0. The van der Waals surface area contributed by atoms with Gasteiger partial charge in [-0.2, -0.15) is 0 Å². The van der Waals surface area contributed by atoms with Gasteiger partial charge in [0.2, 0.25) is 0 Å². The van der Waals surface area contributed by atoms with Crippen LogP contribution in [0.1, 0.15) is 11.1 Å². The van der Waals surface area contributed by atoms with E-state index >= 15 is 0 Å². The Morgan fingerprint density at radius 2 is 1.32 bits per heavy atom. The third-order valence-electron chi connectivity index (χ3n) is 3.98. The number of benzene rings is 3. The summed E-state index contributed by atoms with van der Waals surface area (Å²) in [6.07, 6.45) is 5.81. The lowest BCUT2D eigenvalue weighted by Crippen LogP contribution is -1.95. The lowest BCUT2D eigenvalue weighted by Gasteiger charge is -2.08. The average Bonchev–Trinajstić information content (AvgIpc) is 2.69. The van der Waals surface area contributed by atoms with E-state index in [4.69, 9.17) is 0 Å². The lowest BCUT2D eigenvalue weighted by atomic mass is 10.1. The van der Waals surface area contributed by atoms with Crippen LogP contribution in [0.2, 0.25) is 0 Å². The van der Waals surface area contributed by atoms with E-state index in [2.05, 4.69) is 63.8 Å². The van der Waals surface area contributed by atoms with Crippen LogP contribution in [0, 0.1) is 0 Å². The summed E-state index contributed by atoms with van der Waals surface area (Å²) in [6, 6.07) is 26.6. The van der Waals surface area contributed by atoms with Gasteiger partial charge in [-0.1, -0.05) is 66.7 Å². The van der Waals surface area contributed by atoms with Crippen molar-refractivity contribution >= 4 is 34.6 Å². The zero-order chi connectivity index (χ0) is 16.9. The second kappa shape index (κ2) is 6.97. The van der Waals surface area contributed by atoms with Crippen LogP contribution < -0.4 is 5.32 Å². The van der Waals surface area contributed by atoms with Crippen LogP contribution >= 0.6 is 0 Å². The molecule has 0 radical (unpaired) electrons. The second-order valence-corrected chi connectivity index (χ2v) is 5.73. The topological polar surface area (TPSA) is 37.8 Å². The van der Waals surface area contributed by atoms with E-state index in [1.165, 1.54) is 5.56 Å². The molecule has 0 bridgehead atoms. The molecular weight excluding hydrogens is 306 g/mol. The molecule has 4 rings (SSSR count). The largest absolute Gasteiger partial charge is 0.340 e. The fourth-order valence-corrected chi connectivity index (χ4v) is 2.68. The fraction of sp³-hybridized carbons (Fsp3) is 0. The van der Waals surface area contributed by atoms with Gasteiger partial charge in [0.1, 0.15) is 12.1 Å². The molecule has 0 spiro atoms. The quantitative estimate of drug-likeness (QED) is 0.501. The first-order chi connectivity index (χ1) is 12.4. The zero-order valence-corrected chi connectivity index (χ0v) is 13.6. The molecule has 3 heteroatoms. The van der Waals surface area contributed by atoms with Gasteiger partial charge in [-0.25, -0.2) is 9.97 Å². The van der Waals surface area contributed by atoms with Crippen LogP contribution in [0.4, 0.5) is 11.5 Å². The molecule has 0 aliphatic rings. The van der Waals surface area contributed by atoms with Gasteiger partial charge in [0.05, 0.1) is 5.52 Å². The zero-order valence-electron chi connectivity index (χ0n) is 13.6. The van der Waals surface area contributed by atoms with Gasteiger partial charge in [-0.15, -0.1) is 0 Å². The van der Waals surface area contributed by atoms with Gasteiger partial charge in [0.25, 0.3) is 0 Å². The van der Waals surface area contributed by atoms with Gasteiger partial charge >= 0.3 is 0 Å². The predicted octanol–water partition coefficient (Wildman–Crippen LogP) is 5.54. The van der Waals surface area contributed by atoms with E-state index in [1.54, 1.807) is 6.33 Å². The van der Waals surface area contributed by atoms with Crippen molar-refractivity contribution in [3.8, 4) is 0 Å². The van der Waals surface area contributed by atoms with E-state index < -0.39 is 0 Å². The molecule has 3 nitrogen and oxygen atoms in total. The summed E-state index contributed by atoms with van der Waals surface area (Å²) in [5.74, 6) is 0.818. The fourth-order valence-electron chi connectivity index (χ4n) is 2.68. The van der Waals surface area contributed by atoms with Crippen LogP contribution in [0.3, 0.4) is 0 Å². The number of aromatic nitrogens is 2. The number of para-hydroxylation sites is 1. The van der Waals surface area contributed by atoms with Crippen LogP contribution in [-0.4, -0.2) is 9.97 Å². The molecule has 1 N–H and O–H groups in total. The Bertz CT molecular complexity index is 1000. The summed E-state index contributed by atoms with van der Waals surface area (Å²) < 4.78 is 0. The van der Waals surface area contributed by atoms with Crippen molar-refractivity contribution in [1.82, 2.24) is 9.97 Å². The molecular formula is C22H17N3. The first kappa shape index (κ1) is 15.1. The Balaban J connectivity index is 1.53. The molecule has 0 fully saturated rings. The average molecular weight is 323 g/mol. The minimum absolute atomic E-state index is 0.818. The number of fused-ring (bicyclic) bond motifs is 1. The molecule has 0 aliphatic carbocycles. The third-order valence-corrected chi connectivity index (χ3v) is 3.98. The summed E-state index contributed by atoms with van der Waals surface area (Å²) in [5.41, 5.74) is 4.28. The van der Waals surface area contributed by atoms with Gasteiger partial charge in [-0.05, 0) is 35.4 Å². The number of hydrogen-bond acceptors (Lipinski definition) is 3. The van der Waals surface area contributed by atoms with Gasteiger partial charge in [-0.3, -0.25) is 0 Å². The Kier molecular flexibility index (Phi) is 4.21. The molecule has 0 saturated carbocycles. The molecule has 1 aromatic heterocycles. The first-order valence-corrected chi connectivity index (χ1v) is 8.18. The Labute approximate surface area is 146 Å². The summed E-state index contributed by atoms with van der Waals surface area (Å²) in [6.45, 7) is 0. The summed E-state index contributed by atoms with van der Waals surface area (Å²) in [7, 11) is 0.